The van der Waals surface area contributed by atoms with Crippen molar-refractivity contribution in [3.05, 3.63) is 211 Å². The van der Waals surface area contributed by atoms with Crippen LogP contribution in [0.4, 0.5) is 0 Å². The van der Waals surface area contributed by atoms with Crippen LogP contribution >= 0.6 is 0 Å². The quantitative estimate of drug-likeness (QED) is 0.165. The molecule has 1 aromatic heterocycles. The molecule has 0 spiro atoms. The second-order valence-electron chi connectivity index (χ2n) is 14.0. The Hall–Kier alpha value is -7.23. The molecule has 0 fully saturated rings. The molecule has 266 valence electrons. The highest BCUT2D eigenvalue weighted by molar-refractivity contribution is 5.91. The monoisotopic (exact) mass is 717 g/mol. The first kappa shape index (κ1) is 34.5. The van der Waals surface area contributed by atoms with Crippen molar-refractivity contribution >= 4 is 0 Å². The Kier molecular flexibility index (Phi) is 9.18. The number of hydrogen-bond acceptors (Lipinski definition) is 3. The first-order chi connectivity index (χ1) is 27.2. The largest absolute Gasteiger partial charge is 0.208 e. The predicted molar refractivity (Wildman–Crippen MR) is 233 cm³/mol. The SMILES string of the molecule is C.c1ccc(-c2ccc(-c3cc(-c4nc(-c5ccccc5)nc(-c5ccccc5)n4)cc(-c4cccc5c4Cc4c(-c6ccccc6)cccc4-5)c3)cc2)cc1. The fourth-order valence-electron chi connectivity index (χ4n) is 7.90. The van der Waals surface area contributed by atoms with Crippen molar-refractivity contribution < 1.29 is 0 Å². The lowest BCUT2D eigenvalue weighted by Crippen LogP contribution is -2.00. The normalized spacial score (nSPS) is 11.4. The third-order valence-corrected chi connectivity index (χ3v) is 10.6. The van der Waals surface area contributed by atoms with Crippen LogP contribution in [0.1, 0.15) is 18.6 Å². The summed E-state index contributed by atoms with van der Waals surface area (Å²) in [5.74, 6) is 1.93. The molecule has 0 saturated heterocycles. The van der Waals surface area contributed by atoms with Crippen LogP contribution < -0.4 is 0 Å². The van der Waals surface area contributed by atoms with Gasteiger partial charge < -0.3 is 0 Å². The smallest absolute Gasteiger partial charge is 0.164 e. The number of aromatic nitrogens is 3. The van der Waals surface area contributed by atoms with Crippen molar-refractivity contribution in [2.45, 2.75) is 13.8 Å². The van der Waals surface area contributed by atoms with Gasteiger partial charge in [0, 0.05) is 16.7 Å². The molecule has 10 rings (SSSR count). The van der Waals surface area contributed by atoms with Gasteiger partial charge in [-0.25, -0.2) is 15.0 Å². The lowest BCUT2D eigenvalue weighted by Gasteiger charge is -2.15. The van der Waals surface area contributed by atoms with E-state index in [0.29, 0.717) is 17.5 Å². The van der Waals surface area contributed by atoms with Crippen LogP contribution in [0.3, 0.4) is 0 Å². The van der Waals surface area contributed by atoms with Gasteiger partial charge in [0.25, 0.3) is 0 Å². The zero-order valence-electron chi connectivity index (χ0n) is 30.1. The summed E-state index contributed by atoms with van der Waals surface area (Å²) in [5.41, 5.74) is 17.7. The first-order valence-electron chi connectivity index (χ1n) is 18.7. The van der Waals surface area contributed by atoms with E-state index < -0.39 is 0 Å². The molecule has 3 nitrogen and oxygen atoms in total. The van der Waals surface area contributed by atoms with Gasteiger partial charge in [-0.05, 0) is 91.4 Å². The van der Waals surface area contributed by atoms with E-state index in [2.05, 4.69) is 164 Å². The highest BCUT2D eigenvalue weighted by Crippen LogP contribution is 2.46. The molecule has 3 heteroatoms. The number of fused-ring (bicyclic) bond motifs is 3. The molecular formula is C53H39N3. The van der Waals surface area contributed by atoms with Crippen LogP contribution in [0.2, 0.25) is 0 Å². The Bertz CT molecular complexity index is 2740. The topological polar surface area (TPSA) is 38.7 Å². The van der Waals surface area contributed by atoms with E-state index in [9.17, 15) is 0 Å². The summed E-state index contributed by atoms with van der Waals surface area (Å²) < 4.78 is 0. The van der Waals surface area contributed by atoms with Gasteiger partial charge >= 0.3 is 0 Å². The Labute approximate surface area is 328 Å². The second kappa shape index (κ2) is 14.9. The minimum Gasteiger partial charge on any atom is -0.208 e. The molecule has 1 aliphatic rings. The van der Waals surface area contributed by atoms with Gasteiger partial charge in [-0.15, -0.1) is 0 Å². The molecule has 0 saturated carbocycles. The number of hydrogen-bond donors (Lipinski definition) is 0. The van der Waals surface area contributed by atoms with Crippen molar-refractivity contribution in [1.29, 1.82) is 0 Å². The molecule has 9 aromatic rings. The van der Waals surface area contributed by atoms with Crippen molar-refractivity contribution in [3.63, 3.8) is 0 Å². The van der Waals surface area contributed by atoms with E-state index in [-0.39, 0.29) is 7.43 Å². The summed E-state index contributed by atoms with van der Waals surface area (Å²) in [4.78, 5) is 15.3. The fourth-order valence-corrected chi connectivity index (χ4v) is 7.90. The van der Waals surface area contributed by atoms with Gasteiger partial charge in [-0.1, -0.05) is 189 Å². The third kappa shape index (κ3) is 6.50. The molecule has 0 radical (unpaired) electrons. The molecule has 0 bridgehead atoms. The Morgan fingerprint density at radius 3 is 1.09 bits per heavy atom. The van der Waals surface area contributed by atoms with Crippen molar-refractivity contribution in [2.24, 2.45) is 0 Å². The van der Waals surface area contributed by atoms with Crippen LogP contribution in [0, 0.1) is 0 Å². The van der Waals surface area contributed by atoms with Crippen LogP contribution in [-0.2, 0) is 6.42 Å². The number of nitrogens with zero attached hydrogens (tertiary/aromatic N) is 3. The Morgan fingerprint density at radius 2 is 0.589 bits per heavy atom. The van der Waals surface area contributed by atoms with E-state index in [4.69, 9.17) is 15.0 Å². The highest BCUT2D eigenvalue weighted by atomic mass is 15.0. The van der Waals surface area contributed by atoms with Gasteiger partial charge in [-0.2, -0.15) is 0 Å². The minimum absolute atomic E-state index is 0. The lowest BCUT2D eigenvalue weighted by molar-refractivity contribution is 1.07. The average Bonchev–Trinajstić information content (AvgIpc) is 3.67. The predicted octanol–water partition coefficient (Wildman–Crippen LogP) is 13.7. The van der Waals surface area contributed by atoms with E-state index in [1.165, 1.54) is 50.1 Å². The van der Waals surface area contributed by atoms with E-state index in [0.717, 1.165) is 39.8 Å². The summed E-state index contributed by atoms with van der Waals surface area (Å²) >= 11 is 0. The van der Waals surface area contributed by atoms with Crippen LogP contribution in [0.25, 0.3) is 89.8 Å². The Balaban J connectivity index is 0.00000410. The molecule has 0 unspecified atom stereocenters. The summed E-state index contributed by atoms with van der Waals surface area (Å²) in [6.45, 7) is 0. The first-order valence-corrected chi connectivity index (χ1v) is 18.7. The fraction of sp³-hybridized carbons (Fsp3) is 0.0377. The second-order valence-corrected chi connectivity index (χ2v) is 14.0. The maximum atomic E-state index is 5.15. The van der Waals surface area contributed by atoms with Crippen LogP contribution in [0.15, 0.2) is 200 Å². The highest BCUT2D eigenvalue weighted by Gasteiger charge is 2.25. The minimum atomic E-state index is 0. The molecule has 0 atom stereocenters. The molecule has 56 heavy (non-hydrogen) atoms. The van der Waals surface area contributed by atoms with Crippen molar-refractivity contribution in [3.8, 4) is 89.8 Å². The van der Waals surface area contributed by atoms with Crippen molar-refractivity contribution in [2.75, 3.05) is 0 Å². The molecule has 0 amide bonds. The number of rotatable bonds is 7. The van der Waals surface area contributed by atoms with Crippen molar-refractivity contribution in [1.82, 2.24) is 15.0 Å². The molecule has 0 N–H and O–H groups in total. The van der Waals surface area contributed by atoms with E-state index >= 15 is 0 Å². The standard InChI is InChI=1S/C52H35N3.CH4/c1-5-15-35(16-6-1)36-27-29-37(30-28-36)41-31-42(45-24-14-26-47-46-25-13-23-44(48(46)34-49(45)47)38-17-7-2-8-18-38)33-43(32-41)52-54-50(39-19-9-3-10-20-39)53-51(55-52)40-21-11-4-12-22-40;/h1-33H,34H2;1H4. The molecule has 0 aliphatic heterocycles. The van der Waals surface area contributed by atoms with Gasteiger partial charge in [0.15, 0.2) is 17.5 Å². The third-order valence-electron chi connectivity index (χ3n) is 10.6. The van der Waals surface area contributed by atoms with Gasteiger partial charge in [0.1, 0.15) is 0 Å². The zero-order valence-corrected chi connectivity index (χ0v) is 30.1. The zero-order chi connectivity index (χ0) is 36.6. The van der Waals surface area contributed by atoms with Gasteiger partial charge in [-0.3, -0.25) is 0 Å². The Morgan fingerprint density at radius 1 is 0.250 bits per heavy atom. The lowest BCUT2D eigenvalue weighted by atomic mass is 9.91. The summed E-state index contributed by atoms with van der Waals surface area (Å²) in [6.07, 6.45) is 0.860. The number of benzene rings is 8. The van der Waals surface area contributed by atoms with Gasteiger partial charge in [0.2, 0.25) is 0 Å². The summed E-state index contributed by atoms with van der Waals surface area (Å²) in [6, 6.07) is 70.8. The summed E-state index contributed by atoms with van der Waals surface area (Å²) in [5, 5.41) is 0. The molecular weight excluding hydrogens is 679 g/mol. The van der Waals surface area contributed by atoms with E-state index in [1.807, 2.05) is 36.4 Å². The molecule has 1 aliphatic carbocycles. The van der Waals surface area contributed by atoms with Crippen LogP contribution in [0.5, 0.6) is 0 Å². The molecule has 1 heterocycles. The van der Waals surface area contributed by atoms with Gasteiger partial charge in [0.05, 0.1) is 0 Å². The summed E-state index contributed by atoms with van der Waals surface area (Å²) in [7, 11) is 0. The molecule has 8 aromatic carbocycles. The van der Waals surface area contributed by atoms with Crippen LogP contribution in [-0.4, -0.2) is 15.0 Å². The maximum absolute atomic E-state index is 5.15. The maximum Gasteiger partial charge on any atom is 0.164 e. The average molecular weight is 718 g/mol. The van der Waals surface area contributed by atoms with E-state index in [1.54, 1.807) is 0 Å².